The summed E-state index contributed by atoms with van der Waals surface area (Å²) in [6.07, 6.45) is 0.257. The van der Waals surface area contributed by atoms with Crippen LogP contribution in [0.15, 0.2) is 29.2 Å². The fourth-order valence-corrected chi connectivity index (χ4v) is 2.95. The first kappa shape index (κ1) is 17.1. The monoisotopic (exact) mass is 309 g/mol. The van der Waals surface area contributed by atoms with E-state index in [0.29, 0.717) is 12.1 Å². The third-order valence-corrected chi connectivity index (χ3v) is 4.38. The van der Waals surface area contributed by atoms with Crippen LogP contribution in [0.3, 0.4) is 0 Å². The predicted octanol–water partition coefficient (Wildman–Crippen LogP) is 1.36. The minimum atomic E-state index is -3.55. The molecule has 0 spiro atoms. The minimum absolute atomic E-state index is 0.118. The molecule has 0 saturated heterocycles. The smallest absolute Gasteiger partial charge is 0.253 e. The van der Waals surface area contributed by atoms with Crippen molar-refractivity contribution in [3.05, 3.63) is 29.8 Å². The summed E-state index contributed by atoms with van der Waals surface area (Å²) in [4.78, 5) is 13.6. The Balaban J connectivity index is 2.88. The maximum absolute atomic E-state index is 12.0. The van der Waals surface area contributed by atoms with Crippen LogP contribution in [-0.2, 0) is 10.0 Å². The molecule has 1 amide bonds. The van der Waals surface area contributed by atoms with Crippen molar-refractivity contribution in [3.8, 4) is 6.07 Å². The highest BCUT2D eigenvalue weighted by atomic mass is 32.2. The van der Waals surface area contributed by atoms with Crippen molar-refractivity contribution in [1.82, 2.24) is 9.62 Å². The van der Waals surface area contributed by atoms with Crippen molar-refractivity contribution in [2.24, 2.45) is 0 Å². The first-order chi connectivity index (χ1) is 9.77. The summed E-state index contributed by atoms with van der Waals surface area (Å²) in [6, 6.07) is 7.51. The van der Waals surface area contributed by atoms with Crippen LogP contribution in [0.5, 0.6) is 0 Å². The van der Waals surface area contributed by atoms with Gasteiger partial charge < -0.3 is 4.90 Å². The molecule has 1 aromatic carbocycles. The van der Waals surface area contributed by atoms with Gasteiger partial charge in [-0.3, -0.25) is 4.79 Å². The van der Waals surface area contributed by atoms with E-state index >= 15 is 0 Å². The van der Waals surface area contributed by atoms with Gasteiger partial charge in [-0.05, 0) is 38.1 Å². The third kappa shape index (κ3) is 4.85. The fraction of sp³-hybridized carbons (Fsp3) is 0.429. The molecule has 0 aliphatic heterocycles. The molecule has 114 valence electrons. The zero-order chi connectivity index (χ0) is 16.0. The van der Waals surface area contributed by atoms with Crippen LogP contribution in [0.25, 0.3) is 0 Å². The second-order valence-electron chi connectivity index (χ2n) is 4.94. The first-order valence-corrected chi connectivity index (χ1v) is 8.01. The molecule has 21 heavy (non-hydrogen) atoms. The summed E-state index contributed by atoms with van der Waals surface area (Å²) < 4.78 is 26.4. The van der Waals surface area contributed by atoms with Crippen molar-refractivity contribution in [1.29, 1.82) is 5.26 Å². The van der Waals surface area contributed by atoms with Crippen LogP contribution >= 0.6 is 0 Å². The number of nitriles is 1. The van der Waals surface area contributed by atoms with Gasteiger partial charge >= 0.3 is 0 Å². The van der Waals surface area contributed by atoms with E-state index in [1.54, 1.807) is 20.9 Å². The highest BCUT2D eigenvalue weighted by molar-refractivity contribution is 7.89. The lowest BCUT2D eigenvalue weighted by Gasteiger charge is -2.15. The van der Waals surface area contributed by atoms with E-state index < -0.39 is 10.0 Å². The van der Waals surface area contributed by atoms with Gasteiger partial charge in [0, 0.05) is 25.2 Å². The van der Waals surface area contributed by atoms with Gasteiger partial charge in [-0.25, -0.2) is 13.1 Å². The topological polar surface area (TPSA) is 90.3 Å². The predicted molar refractivity (Wildman–Crippen MR) is 79.1 cm³/mol. The summed E-state index contributed by atoms with van der Waals surface area (Å²) in [7, 11) is -1.95. The third-order valence-electron chi connectivity index (χ3n) is 2.71. The van der Waals surface area contributed by atoms with Gasteiger partial charge in [0.1, 0.15) is 0 Å². The van der Waals surface area contributed by atoms with Crippen LogP contribution < -0.4 is 4.72 Å². The SMILES string of the molecule is CC(C)NS(=O)(=O)c1ccc(C(=O)N(C)CCC#N)cc1. The van der Waals surface area contributed by atoms with Gasteiger partial charge in [-0.1, -0.05) is 0 Å². The number of amides is 1. The molecule has 7 heteroatoms. The van der Waals surface area contributed by atoms with E-state index in [4.69, 9.17) is 5.26 Å². The standard InChI is InChI=1S/C14H19N3O3S/c1-11(2)16-21(19,20)13-7-5-12(6-8-13)14(18)17(3)10-4-9-15/h5-8,11,16H,4,10H2,1-3H3. The number of benzene rings is 1. The zero-order valence-corrected chi connectivity index (χ0v) is 13.1. The molecule has 0 bridgehead atoms. The molecule has 0 saturated carbocycles. The van der Waals surface area contributed by atoms with Crippen LogP contribution in [0, 0.1) is 11.3 Å². The Morgan fingerprint density at radius 3 is 2.38 bits per heavy atom. The number of nitrogens with one attached hydrogen (secondary N) is 1. The Labute approximate surface area is 125 Å². The molecule has 0 fully saturated rings. The Kier molecular flexibility index (Phi) is 5.88. The van der Waals surface area contributed by atoms with E-state index in [0.717, 1.165) is 0 Å². The summed E-state index contributed by atoms with van der Waals surface area (Å²) >= 11 is 0. The number of carbonyl (C=O) groups excluding carboxylic acids is 1. The molecule has 1 rings (SSSR count). The van der Waals surface area contributed by atoms with E-state index in [1.165, 1.54) is 29.2 Å². The zero-order valence-electron chi connectivity index (χ0n) is 12.3. The van der Waals surface area contributed by atoms with Crippen molar-refractivity contribution in [3.63, 3.8) is 0 Å². The number of nitrogens with zero attached hydrogens (tertiary/aromatic N) is 2. The van der Waals surface area contributed by atoms with Gasteiger partial charge in [-0.2, -0.15) is 5.26 Å². The first-order valence-electron chi connectivity index (χ1n) is 6.52. The number of sulfonamides is 1. The van der Waals surface area contributed by atoms with Gasteiger partial charge in [0.15, 0.2) is 0 Å². The lowest BCUT2D eigenvalue weighted by Crippen LogP contribution is -2.30. The molecule has 1 N–H and O–H groups in total. The molecule has 1 aromatic rings. The molecule has 0 aliphatic carbocycles. The highest BCUT2D eigenvalue weighted by Gasteiger charge is 2.17. The van der Waals surface area contributed by atoms with Crippen molar-refractivity contribution >= 4 is 15.9 Å². The average molecular weight is 309 g/mol. The number of hydrogen-bond donors (Lipinski definition) is 1. The summed E-state index contributed by atoms with van der Waals surface area (Å²) in [5.74, 6) is -0.244. The van der Waals surface area contributed by atoms with Crippen molar-refractivity contribution < 1.29 is 13.2 Å². The fourth-order valence-electron chi connectivity index (χ4n) is 1.69. The Morgan fingerprint density at radius 1 is 1.33 bits per heavy atom. The Hall–Kier alpha value is -1.91. The molecule has 0 radical (unpaired) electrons. The van der Waals surface area contributed by atoms with Crippen LogP contribution in [0.2, 0.25) is 0 Å². The molecular weight excluding hydrogens is 290 g/mol. The van der Waals surface area contributed by atoms with Gasteiger partial charge in [0.25, 0.3) is 5.91 Å². The van der Waals surface area contributed by atoms with E-state index in [1.807, 2.05) is 6.07 Å². The molecular formula is C14H19N3O3S. The van der Waals surface area contributed by atoms with Crippen LogP contribution in [0.4, 0.5) is 0 Å². The Morgan fingerprint density at radius 2 is 1.90 bits per heavy atom. The second-order valence-corrected chi connectivity index (χ2v) is 6.65. The van der Waals surface area contributed by atoms with E-state index in [-0.39, 0.29) is 23.3 Å². The molecule has 0 aliphatic rings. The van der Waals surface area contributed by atoms with Gasteiger partial charge in [-0.15, -0.1) is 0 Å². The number of rotatable bonds is 6. The normalized spacial score (nSPS) is 11.2. The summed E-state index contributed by atoms with van der Waals surface area (Å²) in [6.45, 7) is 3.81. The Bertz CT molecular complexity index is 630. The van der Waals surface area contributed by atoms with Crippen molar-refractivity contribution in [2.45, 2.75) is 31.2 Å². The van der Waals surface area contributed by atoms with Gasteiger partial charge in [0.05, 0.1) is 17.4 Å². The molecule has 0 aromatic heterocycles. The van der Waals surface area contributed by atoms with Crippen LogP contribution in [-0.4, -0.2) is 38.9 Å². The number of hydrogen-bond acceptors (Lipinski definition) is 4. The highest BCUT2D eigenvalue weighted by Crippen LogP contribution is 2.12. The van der Waals surface area contributed by atoms with E-state index in [2.05, 4.69) is 4.72 Å². The van der Waals surface area contributed by atoms with Crippen molar-refractivity contribution in [2.75, 3.05) is 13.6 Å². The molecule has 0 atom stereocenters. The van der Waals surface area contributed by atoms with E-state index in [9.17, 15) is 13.2 Å². The average Bonchev–Trinajstić information content (AvgIpc) is 2.42. The lowest BCUT2D eigenvalue weighted by atomic mass is 10.2. The maximum atomic E-state index is 12.0. The molecule has 6 nitrogen and oxygen atoms in total. The maximum Gasteiger partial charge on any atom is 0.253 e. The lowest BCUT2D eigenvalue weighted by molar-refractivity contribution is 0.0798. The summed E-state index contributed by atoms with van der Waals surface area (Å²) in [5.41, 5.74) is 0.388. The second kappa shape index (κ2) is 7.20. The largest absolute Gasteiger partial charge is 0.341 e. The summed E-state index contributed by atoms with van der Waals surface area (Å²) in [5, 5.41) is 8.50. The van der Waals surface area contributed by atoms with Gasteiger partial charge in [0.2, 0.25) is 10.0 Å². The van der Waals surface area contributed by atoms with Crippen LogP contribution in [0.1, 0.15) is 30.6 Å². The quantitative estimate of drug-likeness (QED) is 0.859. The molecule has 0 heterocycles. The number of carbonyl (C=O) groups is 1. The molecule has 0 unspecified atom stereocenters. The minimum Gasteiger partial charge on any atom is -0.341 e.